The van der Waals surface area contributed by atoms with Crippen LogP contribution in [0.3, 0.4) is 0 Å². The summed E-state index contributed by atoms with van der Waals surface area (Å²) >= 11 is 0. The average Bonchev–Trinajstić information content (AvgIpc) is 2.55. The molecule has 2 rings (SSSR count). The van der Waals surface area contributed by atoms with Gasteiger partial charge in [-0.2, -0.15) is 10.4 Å². The minimum absolute atomic E-state index is 0.584. The van der Waals surface area contributed by atoms with Crippen molar-refractivity contribution in [2.45, 2.75) is 33.1 Å². The smallest absolute Gasteiger partial charge is 0.166 e. The van der Waals surface area contributed by atoms with Crippen molar-refractivity contribution in [2.75, 3.05) is 11.9 Å². The molecule has 2 heterocycles. The number of nitrogens with zero attached hydrogens (tertiary/aromatic N) is 4. The van der Waals surface area contributed by atoms with E-state index < -0.39 is 0 Å². The summed E-state index contributed by atoms with van der Waals surface area (Å²) in [6.45, 7) is 4.78. The van der Waals surface area contributed by atoms with Crippen LogP contribution in [-0.2, 0) is 19.3 Å². The predicted octanol–water partition coefficient (Wildman–Crippen LogP) is 2.52. The number of nitriles is 1. The van der Waals surface area contributed by atoms with Gasteiger partial charge in [-0.05, 0) is 42.5 Å². The average molecular weight is 281 g/mol. The molecule has 108 valence electrons. The van der Waals surface area contributed by atoms with Gasteiger partial charge in [-0.1, -0.05) is 13.8 Å². The maximum absolute atomic E-state index is 9.40. The van der Waals surface area contributed by atoms with Crippen molar-refractivity contribution in [2.24, 2.45) is 0 Å². The molecule has 0 unspecified atom stereocenters. The van der Waals surface area contributed by atoms with Crippen molar-refractivity contribution >= 4 is 5.82 Å². The Kier molecular flexibility index (Phi) is 5.22. The van der Waals surface area contributed by atoms with Crippen LogP contribution in [0, 0.1) is 11.3 Å². The van der Waals surface area contributed by atoms with Gasteiger partial charge in [0.15, 0.2) is 5.82 Å². The summed E-state index contributed by atoms with van der Waals surface area (Å²) in [4.78, 5) is 3.99. The minimum Gasteiger partial charge on any atom is -0.367 e. The summed E-state index contributed by atoms with van der Waals surface area (Å²) < 4.78 is 0. The molecule has 0 bridgehead atoms. The number of hydrogen-bond donors (Lipinski definition) is 1. The quantitative estimate of drug-likeness (QED) is 0.880. The lowest BCUT2D eigenvalue weighted by atomic mass is 10.0. The first-order valence-electron chi connectivity index (χ1n) is 7.21. The Morgan fingerprint density at radius 2 is 1.90 bits per heavy atom. The SMILES string of the molecule is CCc1nnc(NCCc2ccncc2)c(C#N)c1CC. The normalized spacial score (nSPS) is 10.1. The van der Waals surface area contributed by atoms with Crippen LogP contribution in [0.15, 0.2) is 24.5 Å². The molecule has 5 heteroatoms. The summed E-state index contributed by atoms with van der Waals surface area (Å²) in [7, 11) is 0. The molecule has 5 nitrogen and oxygen atoms in total. The van der Waals surface area contributed by atoms with E-state index in [0.717, 1.165) is 30.5 Å². The molecule has 0 spiro atoms. The van der Waals surface area contributed by atoms with Gasteiger partial charge < -0.3 is 5.32 Å². The Labute approximate surface area is 125 Å². The van der Waals surface area contributed by atoms with Crippen LogP contribution in [0.5, 0.6) is 0 Å². The summed E-state index contributed by atoms with van der Waals surface area (Å²) in [5, 5.41) is 21.0. The topological polar surface area (TPSA) is 74.5 Å². The van der Waals surface area contributed by atoms with Gasteiger partial charge in [0.05, 0.1) is 5.69 Å². The van der Waals surface area contributed by atoms with Crippen LogP contribution < -0.4 is 5.32 Å². The fourth-order valence-corrected chi connectivity index (χ4v) is 2.29. The van der Waals surface area contributed by atoms with E-state index in [1.165, 1.54) is 5.56 Å². The highest BCUT2D eigenvalue weighted by Crippen LogP contribution is 2.19. The Balaban J connectivity index is 2.12. The molecular weight excluding hydrogens is 262 g/mol. The van der Waals surface area contributed by atoms with Gasteiger partial charge in [0.25, 0.3) is 0 Å². The number of rotatable bonds is 6. The first-order chi connectivity index (χ1) is 10.3. The molecule has 0 aliphatic carbocycles. The van der Waals surface area contributed by atoms with Gasteiger partial charge in [0.2, 0.25) is 0 Å². The number of anilines is 1. The van der Waals surface area contributed by atoms with Gasteiger partial charge in [0.1, 0.15) is 11.6 Å². The van der Waals surface area contributed by atoms with Gasteiger partial charge in [-0.15, -0.1) is 5.10 Å². The second-order valence-corrected chi connectivity index (χ2v) is 4.70. The van der Waals surface area contributed by atoms with Crippen molar-refractivity contribution in [3.8, 4) is 6.07 Å². The Morgan fingerprint density at radius 1 is 1.14 bits per heavy atom. The molecule has 0 atom stereocenters. The Hall–Kier alpha value is -2.48. The summed E-state index contributed by atoms with van der Waals surface area (Å²) in [5.74, 6) is 0.584. The van der Waals surface area contributed by atoms with Crippen molar-refractivity contribution in [1.82, 2.24) is 15.2 Å². The van der Waals surface area contributed by atoms with Crippen LogP contribution in [0.2, 0.25) is 0 Å². The molecule has 0 saturated heterocycles. The minimum atomic E-state index is 0.584. The summed E-state index contributed by atoms with van der Waals surface area (Å²) in [6, 6.07) is 6.23. The van der Waals surface area contributed by atoms with Crippen molar-refractivity contribution in [3.63, 3.8) is 0 Å². The first kappa shape index (κ1) is 14.9. The lowest BCUT2D eigenvalue weighted by Gasteiger charge is -2.11. The first-order valence-corrected chi connectivity index (χ1v) is 7.21. The molecule has 0 amide bonds. The molecule has 0 aliphatic rings. The molecule has 0 aromatic carbocycles. The van der Waals surface area contributed by atoms with Crippen molar-refractivity contribution in [1.29, 1.82) is 5.26 Å². The molecule has 2 aromatic rings. The van der Waals surface area contributed by atoms with E-state index in [-0.39, 0.29) is 0 Å². The van der Waals surface area contributed by atoms with Crippen LogP contribution >= 0.6 is 0 Å². The number of nitrogens with one attached hydrogen (secondary N) is 1. The second-order valence-electron chi connectivity index (χ2n) is 4.70. The van der Waals surface area contributed by atoms with Crippen LogP contribution in [0.4, 0.5) is 5.82 Å². The molecular formula is C16H19N5. The molecule has 0 saturated carbocycles. The third-order valence-corrected chi connectivity index (χ3v) is 3.41. The van der Waals surface area contributed by atoms with Gasteiger partial charge in [-0.3, -0.25) is 4.98 Å². The molecule has 0 radical (unpaired) electrons. The molecule has 0 aliphatic heterocycles. The molecule has 1 N–H and O–H groups in total. The summed E-state index contributed by atoms with van der Waals surface area (Å²) in [6.07, 6.45) is 6.00. The van der Waals surface area contributed by atoms with Crippen LogP contribution in [-0.4, -0.2) is 21.7 Å². The fraction of sp³-hybridized carbons (Fsp3) is 0.375. The monoisotopic (exact) mass is 281 g/mol. The van der Waals surface area contributed by atoms with Gasteiger partial charge in [0, 0.05) is 18.9 Å². The zero-order chi connectivity index (χ0) is 15.1. The van der Waals surface area contributed by atoms with Gasteiger partial charge >= 0.3 is 0 Å². The third kappa shape index (κ3) is 3.54. The van der Waals surface area contributed by atoms with E-state index in [2.05, 4.69) is 26.6 Å². The third-order valence-electron chi connectivity index (χ3n) is 3.41. The Bertz CT molecular complexity index is 631. The number of hydrogen-bond acceptors (Lipinski definition) is 5. The molecule has 0 fully saturated rings. The predicted molar refractivity (Wildman–Crippen MR) is 81.9 cm³/mol. The summed E-state index contributed by atoms with van der Waals surface area (Å²) in [5.41, 5.74) is 3.74. The second kappa shape index (κ2) is 7.34. The van der Waals surface area contributed by atoms with Crippen molar-refractivity contribution in [3.05, 3.63) is 46.9 Å². The van der Waals surface area contributed by atoms with Crippen molar-refractivity contribution < 1.29 is 0 Å². The zero-order valence-electron chi connectivity index (χ0n) is 12.4. The number of aryl methyl sites for hydroxylation is 1. The lowest BCUT2D eigenvalue weighted by molar-refractivity contribution is 0.865. The zero-order valence-corrected chi connectivity index (χ0v) is 12.4. The van der Waals surface area contributed by atoms with E-state index in [1.807, 2.05) is 26.0 Å². The fourth-order valence-electron chi connectivity index (χ4n) is 2.29. The lowest BCUT2D eigenvalue weighted by Crippen LogP contribution is -2.12. The highest BCUT2D eigenvalue weighted by molar-refractivity contribution is 5.56. The standard InChI is InChI=1S/C16H19N5/c1-3-13-14(11-17)16(21-20-15(13)4-2)19-10-7-12-5-8-18-9-6-12/h5-6,8-9H,3-4,7,10H2,1-2H3,(H,19,21). The number of aromatic nitrogens is 3. The number of pyridine rings is 1. The highest BCUT2D eigenvalue weighted by Gasteiger charge is 2.13. The van der Waals surface area contributed by atoms with E-state index in [0.29, 0.717) is 17.9 Å². The Morgan fingerprint density at radius 3 is 2.52 bits per heavy atom. The van der Waals surface area contributed by atoms with E-state index in [1.54, 1.807) is 12.4 Å². The van der Waals surface area contributed by atoms with Crippen LogP contribution in [0.25, 0.3) is 0 Å². The maximum atomic E-state index is 9.40. The highest BCUT2D eigenvalue weighted by atomic mass is 15.2. The van der Waals surface area contributed by atoms with E-state index in [9.17, 15) is 5.26 Å². The van der Waals surface area contributed by atoms with E-state index >= 15 is 0 Å². The van der Waals surface area contributed by atoms with E-state index in [4.69, 9.17) is 0 Å². The maximum Gasteiger partial charge on any atom is 0.166 e. The largest absolute Gasteiger partial charge is 0.367 e. The molecule has 21 heavy (non-hydrogen) atoms. The van der Waals surface area contributed by atoms with Gasteiger partial charge in [-0.25, -0.2) is 0 Å². The molecule has 2 aromatic heterocycles. The van der Waals surface area contributed by atoms with Crippen LogP contribution in [0.1, 0.15) is 36.2 Å².